The Morgan fingerprint density at radius 1 is 1.05 bits per heavy atom. The second kappa shape index (κ2) is 5.30. The van der Waals surface area contributed by atoms with Crippen LogP contribution in [0, 0.1) is 13.8 Å². The molecule has 2 aromatic rings. The lowest BCUT2D eigenvalue weighted by Crippen LogP contribution is -2.01. The fourth-order valence-corrected chi connectivity index (χ4v) is 2.43. The Morgan fingerprint density at radius 2 is 1.86 bits per heavy atom. The normalized spacial score (nSPS) is 14.1. The molecule has 4 nitrogen and oxygen atoms in total. The summed E-state index contributed by atoms with van der Waals surface area (Å²) in [6.07, 6.45) is -0.729. The van der Waals surface area contributed by atoms with Crippen molar-refractivity contribution in [1.29, 1.82) is 0 Å². The van der Waals surface area contributed by atoms with Crippen molar-refractivity contribution in [3.63, 3.8) is 0 Å². The highest BCUT2D eigenvalue weighted by Gasteiger charge is 2.23. The van der Waals surface area contributed by atoms with Gasteiger partial charge < -0.3 is 19.3 Å². The second-order valence-electron chi connectivity index (χ2n) is 5.20. The maximum absolute atomic E-state index is 10.6. The van der Waals surface area contributed by atoms with Crippen molar-refractivity contribution < 1.29 is 19.3 Å². The fraction of sp³-hybridized carbons (Fsp3) is 0.294. The van der Waals surface area contributed by atoms with E-state index in [1.54, 1.807) is 19.2 Å². The van der Waals surface area contributed by atoms with Gasteiger partial charge in [-0.1, -0.05) is 18.2 Å². The van der Waals surface area contributed by atoms with E-state index in [2.05, 4.69) is 6.92 Å². The van der Waals surface area contributed by atoms with Gasteiger partial charge in [-0.3, -0.25) is 0 Å². The van der Waals surface area contributed by atoms with Gasteiger partial charge in [-0.05, 0) is 48.2 Å². The molecule has 3 rings (SSSR count). The first kappa shape index (κ1) is 13.8. The van der Waals surface area contributed by atoms with Gasteiger partial charge in [-0.2, -0.15) is 0 Å². The molecule has 0 aromatic heterocycles. The fourth-order valence-electron chi connectivity index (χ4n) is 2.43. The molecule has 0 saturated heterocycles. The SMILES string of the molecule is COc1cc(C(O)c2ccc(C)c(C)c2)cc2c1OCO2. The van der Waals surface area contributed by atoms with Gasteiger partial charge in [-0.15, -0.1) is 0 Å². The van der Waals surface area contributed by atoms with E-state index in [1.165, 1.54) is 5.56 Å². The molecule has 1 aliphatic heterocycles. The average Bonchev–Trinajstić information content (AvgIpc) is 2.96. The molecule has 1 aliphatic rings. The zero-order valence-electron chi connectivity index (χ0n) is 12.3. The highest BCUT2D eigenvalue weighted by molar-refractivity contribution is 5.56. The van der Waals surface area contributed by atoms with Gasteiger partial charge in [0.15, 0.2) is 11.5 Å². The third-order valence-electron chi connectivity index (χ3n) is 3.84. The number of aliphatic hydroxyl groups is 1. The first-order valence-corrected chi connectivity index (χ1v) is 6.83. The molecule has 0 bridgehead atoms. The van der Waals surface area contributed by atoms with Crippen LogP contribution in [0.4, 0.5) is 0 Å². The summed E-state index contributed by atoms with van der Waals surface area (Å²) >= 11 is 0. The molecule has 4 heteroatoms. The number of aliphatic hydroxyl groups excluding tert-OH is 1. The van der Waals surface area contributed by atoms with Gasteiger partial charge in [-0.25, -0.2) is 0 Å². The predicted octanol–water partition coefficient (Wildman–Crippen LogP) is 3.12. The van der Waals surface area contributed by atoms with Gasteiger partial charge in [0.25, 0.3) is 0 Å². The van der Waals surface area contributed by atoms with Crippen molar-refractivity contribution in [2.24, 2.45) is 0 Å². The molecule has 110 valence electrons. The highest BCUT2D eigenvalue weighted by atomic mass is 16.7. The summed E-state index contributed by atoms with van der Waals surface area (Å²) < 4.78 is 16.1. The van der Waals surface area contributed by atoms with E-state index in [0.29, 0.717) is 17.2 Å². The largest absolute Gasteiger partial charge is 0.493 e. The van der Waals surface area contributed by atoms with E-state index in [1.807, 2.05) is 25.1 Å². The number of hydrogen-bond donors (Lipinski definition) is 1. The molecular weight excluding hydrogens is 268 g/mol. The Morgan fingerprint density at radius 3 is 2.57 bits per heavy atom. The molecule has 1 N–H and O–H groups in total. The molecule has 1 atom stereocenters. The van der Waals surface area contributed by atoms with Crippen molar-refractivity contribution in [3.05, 3.63) is 52.6 Å². The van der Waals surface area contributed by atoms with Crippen molar-refractivity contribution in [2.45, 2.75) is 20.0 Å². The summed E-state index contributed by atoms with van der Waals surface area (Å²) in [4.78, 5) is 0. The molecule has 0 amide bonds. The molecule has 1 unspecified atom stereocenters. The zero-order valence-corrected chi connectivity index (χ0v) is 12.3. The van der Waals surface area contributed by atoms with E-state index in [0.717, 1.165) is 16.7 Å². The Balaban J connectivity index is 2.01. The third-order valence-corrected chi connectivity index (χ3v) is 3.84. The lowest BCUT2D eigenvalue weighted by Gasteiger charge is -2.15. The minimum atomic E-state index is -0.729. The molecule has 0 radical (unpaired) electrons. The molecular formula is C17H18O4. The monoisotopic (exact) mass is 286 g/mol. The summed E-state index contributed by atoms with van der Waals surface area (Å²) in [5.74, 6) is 1.77. The summed E-state index contributed by atoms with van der Waals surface area (Å²) in [5, 5.41) is 10.6. The van der Waals surface area contributed by atoms with Gasteiger partial charge in [0.1, 0.15) is 6.10 Å². The lowest BCUT2D eigenvalue weighted by atomic mass is 9.97. The van der Waals surface area contributed by atoms with Crippen LogP contribution >= 0.6 is 0 Å². The smallest absolute Gasteiger partial charge is 0.231 e. The average molecular weight is 286 g/mol. The molecule has 0 spiro atoms. The Kier molecular flexibility index (Phi) is 3.47. The van der Waals surface area contributed by atoms with Crippen molar-refractivity contribution in [3.8, 4) is 17.2 Å². The molecule has 21 heavy (non-hydrogen) atoms. The van der Waals surface area contributed by atoms with E-state index in [9.17, 15) is 5.11 Å². The standard InChI is InChI=1S/C17H18O4/c1-10-4-5-12(6-11(10)2)16(18)13-7-14(19-3)17-15(8-13)20-9-21-17/h4-8,16,18H,9H2,1-3H3. The Bertz CT molecular complexity index is 679. The lowest BCUT2D eigenvalue weighted by molar-refractivity contribution is 0.171. The van der Waals surface area contributed by atoms with Gasteiger partial charge in [0.05, 0.1) is 7.11 Å². The van der Waals surface area contributed by atoms with E-state index >= 15 is 0 Å². The van der Waals surface area contributed by atoms with E-state index in [-0.39, 0.29) is 6.79 Å². The van der Waals surface area contributed by atoms with Gasteiger partial charge in [0.2, 0.25) is 12.5 Å². The highest BCUT2D eigenvalue weighted by Crippen LogP contribution is 2.43. The topological polar surface area (TPSA) is 47.9 Å². The summed E-state index contributed by atoms with van der Waals surface area (Å²) in [6.45, 7) is 4.26. The molecule has 1 heterocycles. The summed E-state index contributed by atoms with van der Waals surface area (Å²) in [6, 6.07) is 9.53. The van der Waals surface area contributed by atoms with E-state index in [4.69, 9.17) is 14.2 Å². The first-order chi connectivity index (χ1) is 10.1. The van der Waals surface area contributed by atoms with Crippen LogP contribution in [0.5, 0.6) is 17.2 Å². The minimum absolute atomic E-state index is 0.175. The van der Waals surface area contributed by atoms with Crippen LogP contribution in [-0.2, 0) is 0 Å². The predicted molar refractivity (Wildman–Crippen MR) is 79.1 cm³/mol. The minimum Gasteiger partial charge on any atom is -0.493 e. The van der Waals surface area contributed by atoms with Crippen LogP contribution in [0.1, 0.15) is 28.4 Å². The third kappa shape index (κ3) is 2.43. The maximum Gasteiger partial charge on any atom is 0.231 e. The van der Waals surface area contributed by atoms with Crippen LogP contribution in [-0.4, -0.2) is 19.0 Å². The van der Waals surface area contributed by atoms with Crippen molar-refractivity contribution >= 4 is 0 Å². The second-order valence-corrected chi connectivity index (χ2v) is 5.20. The Hall–Kier alpha value is -2.20. The number of methoxy groups -OCH3 is 1. The van der Waals surface area contributed by atoms with Crippen molar-refractivity contribution in [2.75, 3.05) is 13.9 Å². The number of fused-ring (bicyclic) bond motifs is 1. The quantitative estimate of drug-likeness (QED) is 0.941. The number of ether oxygens (including phenoxy) is 3. The van der Waals surface area contributed by atoms with Crippen LogP contribution in [0.3, 0.4) is 0 Å². The summed E-state index contributed by atoms with van der Waals surface area (Å²) in [7, 11) is 1.57. The Labute approximate surface area is 123 Å². The molecule has 0 saturated carbocycles. The van der Waals surface area contributed by atoms with Gasteiger partial charge >= 0.3 is 0 Å². The zero-order chi connectivity index (χ0) is 15.0. The molecule has 0 aliphatic carbocycles. The number of aryl methyl sites for hydroxylation is 2. The van der Waals surface area contributed by atoms with Crippen LogP contribution in [0.2, 0.25) is 0 Å². The molecule has 2 aromatic carbocycles. The van der Waals surface area contributed by atoms with Crippen LogP contribution in [0.25, 0.3) is 0 Å². The number of rotatable bonds is 3. The van der Waals surface area contributed by atoms with Crippen LogP contribution < -0.4 is 14.2 Å². The maximum atomic E-state index is 10.6. The van der Waals surface area contributed by atoms with Crippen LogP contribution in [0.15, 0.2) is 30.3 Å². The van der Waals surface area contributed by atoms with E-state index < -0.39 is 6.10 Å². The van der Waals surface area contributed by atoms with Crippen molar-refractivity contribution in [1.82, 2.24) is 0 Å². The summed E-state index contributed by atoms with van der Waals surface area (Å²) in [5.41, 5.74) is 3.92. The van der Waals surface area contributed by atoms with Gasteiger partial charge in [0, 0.05) is 0 Å². The number of benzene rings is 2. The molecule has 0 fully saturated rings. The number of hydrogen-bond acceptors (Lipinski definition) is 4. The first-order valence-electron chi connectivity index (χ1n) is 6.83.